The van der Waals surface area contributed by atoms with Crippen molar-refractivity contribution < 1.29 is 0 Å². The number of rotatable bonds is 3. The second kappa shape index (κ2) is 4.45. The number of nitrogens with one attached hydrogen (secondary N) is 1. The first-order chi connectivity index (χ1) is 7.70. The molecule has 2 aromatic rings. The average Bonchev–Trinajstić information content (AvgIpc) is 2.75. The van der Waals surface area contributed by atoms with Crippen molar-refractivity contribution in [2.75, 3.05) is 7.05 Å². The SMILES string of the molecule is CNC(C)c1ccc(-n2ccc(C)n2)cn1. The van der Waals surface area contributed by atoms with E-state index in [-0.39, 0.29) is 6.04 Å². The summed E-state index contributed by atoms with van der Waals surface area (Å²) in [6.45, 7) is 4.06. The van der Waals surface area contributed by atoms with Crippen molar-refractivity contribution in [1.29, 1.82) is 0 Å². The van der Waals surface area contributed by atoms with E-state index in [1.54, 1.807) is 0 Å². The van der Waals surface area contributed by atoms with Crippen LogP contribution in [0.25, 0.3) is 5.69 Å². The van der Waals surface area contributed by atoms with Crippen LogP contribution in [0.4, 0.5) is 0 Å². The Bertz CT molecular complexity index is 458. The summed E-state index contributed by atoms with van der Waals surface area (Å²) >= 11 is 0. The number of aromatic nitrogens is 3. The Morgan fingerprint density at radius 3 is 2.62 bits per heavy atom. The zero-order valence-electron chi connectivity index (χ0n) is 9.81. The summed E-state index contributed by atoms with van der Waals surface area (Å²) in [5.41, 5.74) is 3.03. The molecule has 4 nitrogen and oxygen atoms in total. The zero-order valence-corrected chi connectivity index (χ0v) is 9.81. The van der Waals surface area contributed by atoms with Gasteiger partial charge in [-0.2, -0.15) is 5.10 Å². The number of hydrogen-bond acceptors (Lipinski definition) is 3. The Labute approximate surface area is 95.3 Å². The summed E-state index contributed by atoms with van der Waals surface area (Å²) in [4.78, 5) is 4.41. The van der Waals surface area contributed by atoms with Gasteiger partial charge in [-0.25, -0.2) is 4.68 Å². The molecule has 1 atom stereocenters. The monoisotopic (exact) mass is 216 g/mol. The minimum absolute atomic E-state index is 0.272. The largest absolute Gasteiger partial charge is 0.312 e. The molecule has 2 rings (SSSR count). The summed E-state index contributed by atoms with van der Waals surface area (Å²) in [7, 11) is 1.93. The van der Waals surface area contributed by atoms with Gasteiger partial charge in [0.15, 0.2) is 0 Å². The maximum Gasteiger partial charge on any atom is 0.0829 e. The molecule has 0 aliphatic rings. The smallest absolute Gasteiger partial charge is 0.0829 e. The van der Waals surface area contributed by atoms with Crippen LogP contribution in [-0.4, -0.2) is 21.8 Å². The average molecular weight is 216 g/mol. The first-order valence-corrected chi connectivity index (χ1v) is 5.36. The second-order valence-corrected chi connectivity index (χ2v) is 3.85. The number of hydrogen-bond donors (Lipinski definition) is 1. The highest BCUT2D eigenvalue weighted by molar-refractivity contribution is 5.29. The summed E-state index contributed by atoms with van der Waals surface area (Å²) in [6, 6.07) is 6.30. The fourth-order valence-corrected chi connectivity index (χ4v) is 1.50. The molecule has 0 radical (unpaired) electrons. The third-order valence-corrected chi connectivity index (χ3v) is 2.63. The summed E-state index contributed by atoms with van der Waals surface area (Å²) < 4.78 is 1.83. The van der Waals surface area contributed by atoms with Crippen molar-refractivity contribution in [1.82, 2.24) is 20.1 Å². The van der Waals surface area contributed by atoms with Crippen LogP contribution < -0.4 is 5.32 Å². The summed E-state index contributed by atoms with van der Waals surface area (Å²) in [5.74, 6) is 0. The first-order valence-electron chi connectivity index (χ1n) is 5.36. The minimum Gasteiger partial charge on any atom is -0.312 e. The van der Waals surface area contributed by atoms with Crippen LogP contribution in [0, 0.1) is 6.92 Å². The quantitative estimate of drug-likeness (QED) is 0.851. The van der Waals surface area contributed by atoms with E-state index in [1.165, 1.54) is 0 Å². The Balaban J connectivity index is 2.25. The number of nitrogens with zero attached hydrogens (tertiary/aromatic N) is 3. The fraction of sp³-hybridized carbons (Fsp3) is 0.333. The molecule has 84 valence electrons. The third kappa shape index (κ3) is 2.12. The second-order valence-electron chi connectivity index (χ2n) is 3.85. The predicted molar refractivity (Wildman–Crippen MR) is 63.6 cm³/mol. The molecule has 0 saturated carbocycles. The molecule has 1 N–H and O–H groups in total. The predicted octanol–water partition coefficient (Wildman–Crippen LogP) is 1.86. The molecule has 1 unspecified atom stereocenters. The highest BCUT2D eigenvalue weighted by Gasteiger charge is 2.04. The van der Waals surface area contributed by atoms with Gasteiger partial charge in [-0.3, -0.25) is 4.98 Å². The standard InChI is InChI=1S/C12H16N4/c1-9-6-7-16(15-9)11-4-5-12(14-8-11)10(2)13-3/h4-8,10,13H,1-3H3. The van der Waals surface area contributed by atoms with Crippen LogP contribution in [-0.2, 0) is 0 Å². The van der Waals surface area contributed by atoms with E-state index < -0.39 is 0 Å². The molecule has 0 aromatic carbocycles. The molecule has 0 aliphatic carbocycles. The summed E-state index contributed by atoms with van der Waals surface area (Å²) in [5, 5.41) is 7.50. The van der Waals surface area contributed by atoms with Crippen LogP contribution in [0.15, 0.2) is 30.6 Å². The zero-order chi connectivity index (χ0) is 11.5. The van der Waals surface area contributed by atoms with E-state index in [2.05, 4.69) is 22.3 Å². The lowest BCUT2D eigenvalue weighted by atomic mass is 10.2. The van der Waals surface area contributed by atoms with Gasteiger partial charge in [0.1, 0.15) is 0 Å². The first kappa shape index (κ1) is 10.8. The van der Waals surface area contributed by atoms with E-state index in [1.807, 2.05) is 49.2 Å². The van der Waals surface area contributed by atoms with E-state index >= 15 is 0 Å². The molecule has 0 bridgehead atoms. The van der Waals surface area contributed by atoms with Gasteiger partial charge in [-0.1, -0.05) is 0 Å². The van der Waals surface area contributed by atoms with E-state index in [4.69, 9.17) is 0 Å². The lowest BCUT2D eigenvalue weighted by Crippen LogP contribution is -2.13. The van der Waals surface area contributed by atoms with Gasteiger partial charge in [0.25, 0.3) is 0 Å². The molecule has 0 aliphatic heterocycles. The highest BCUT2D eigenvalue weighted by atomic mass is 15.3. The van der Waals surface area contributed by atoms with Gasteiger partial charge in [0, 0.05) is 12.2 Å². The molecule has 2 heterocycles. The van der Waals surface area contributed by atoms with Crippen LogP contribution in [0.5, 0.6) is 0 Å². The van der Waals surface area contributed by atoms with Crippen molar-refractivity contribution in [3.05, 3.63) is 42.0 Å². The maximum atomic E-state index is 4.41. The Morgan fingerprint density at radius 2 is 2.12 bits per heavy atom. The van der Waals surface area contributed by atoms with Crippen LogP contribution in [0.2, 0.25) is 0 Å². The highest BCUT2D eigenvalue weighted by Crippen LogP contribution is 2.11. The van der Waals surface area contributed by atoms with Crippen LogP contribution >= 0.6 is 0 Å². The van der Waals surface area contributed by atoms with E-state index in [0.29, 0.717) is 0 Å². The molecule has 0 amide bonds. The van der Waals surface area contributed by atoms with Crippen molar-refractivity contribution in [3.8, 4) is 5.69 Å². The lowest BCUT2D eigenvalue weighted by Gasteiger charge is -2.09. The molecule has 0 spiro atoms. The van der Waals surface area contributed by atoms with Gasteiger partial charge in [0.05, 0.1) is 23.3 Å². The Kier molecular flexibility index (Phi) is 3.01. The lowest BCUT2D eigenvalue weighted by molar-refractivity contribution is 0.632. The Hall–Kier alpha value is -1.68. The van der Waals surface area contributed by atoms with Gasteiger partial charge < -0.3 is 5.32 Å². The van der Waals surface area contributed by atoms with Crippen molar-refractivity contribution in [2.45, 2.75) is 19.9 Å². The van der Waals surface area contributed by atoms with Crippen LogP contribution in [0.3, 0.4) is 0 Å². The number of pyridine rings is 1. The van der Waals surface area contributed by atoms with Crippen molar-refractivity contribution in [3.63, 3.8) is 0 Å². The third-order valence-electron chi connectivity index (χ3n) is 2.63. The van der Waals surface area contributed by atoms with Gasteiger partial charge >= 0.3 is 0 Å². The van der Waals surface area contributed by atoms with Crippen molar-refractivity contribution >= 4 is 0 Å². The molecule has 0 saturated heterocycles. The molecular formula is C12H16N4. The summed E-state index contributed by atoms with van der Waals surface area (Å²) in [6.07, 6.45) is 3.78. The van der Waals surface area contributed by atoms with E-state index in [9.17, 15) is 0 Å². The fourth-order valence-electron chi connectivity index (χ4n) is 1.50. The maximum absolute atomic E-state index is 4.41. The molecule has 0 fully saturated rings. The van der Waals surface area contributed by atoms with Gasteiger partial charge in [-0.15, -0.1) is 0 Å². The van der Waals surface area contributed by atoms with Gasteiger partial charge in [0.2, 0.25) is 0 Å². The van der Waals surface area contributed by atoms with E-state index in [0.717, 1.165) is 17.1 Å². The minimum atomic E-state index is 0.272. The topological polar surface area (TPSA) is 42.7 Å². The van der Waals surface area contributed by atoms with Crippen molar-refractivity contribution in [2.24, 2.45) is 0 Å². The number of aryl methyl sites for hydroxylation is 1. The van der Waals surface area contributed by atoms with Crippen LogP contribution in [0.1, 0.15) is 24.4 Å². The molecular weight excluding hydrogens is 200 g/mol. The normalized spacial score (nSPS) is 12.7. The molecule has 4 heteroatoms. The Morgan fingerprint density at radius 1 is 1.31 bits per heavy atom. The molecule has 16 heavy (non-hydrogen) atoms. The van der Waals surface area contributed by atoms with Gasteiger partial charge in [-0.05, 0) is 39.1 Å². The molecule has 2 aromatic heterocycles.